The van der Waals surface area contributed by atoms with Crippen molar-refractivity contribution >= 4 is 17.8 Å². The minimum Gasteiger partial charge on any atom is -0.467 e. The number of nitrogens with one attached hydrogen (secondary N) is 3. The van der Waals surface area contributed by atoms with E-state index in [4.69, 9.17) is 4.42 Å². The summed E-state index contributed by atoms with van der Waals surface area (Å²) in [5.41, 5.74) is 0. The molecule has 0 aliphatic heterocycles. The molecule has 3 N–H and O–H groups in total. The first-order chi connectivity index (χ1) is 10.1. The van der Waals surface area contributed by atoms with E-state index in [0.29, 0.717) is 11.6 Å². The molecule has 1 atom stereocenters. The number of hydrogen-bond donors (Lipinski definition) is 3. The van der Waals surface area contributed by atoms with Gasteiger partial charge in [0.15, 0.2) is 0 Å². The van der Waals surface area contributed by atoms with Crippen LogP contribution in [-0.2, 0) is 11.3 Å². The van der Waals surface area contributed by atoms with Crippen LogP contribution in [0.2, 0.25) is 0 Å². The molecule has 0 radical (unpaired) electrons. The van der Waals surface area contributed by atoms with Crippen LogP contribution < -0.4 is 16.0 Å². The molecule has 110 valence electrons. The summed E-state index contributed by atoms with van der Waals surface area (Å²) < 4.78 is 5.10. The Balaban J connectivity index is 1.76. The molecule has 2 rings (SSSR count). The third-order valence-corrected chi connectivity index (χ3v) is 2.66. The predicted molar refractivity (Wildman–Crippen MR) is 76.4 cm³/mol. The van der Waals surface area contributed by atoms with Crippen molar-refractivity contribution in [2.24, 2.45) is 0 Å². The van der Waals surface area contributed by atoms with E-state index >= 15 is 0 Å². The summed E-state index contributed by atoms with van der Waals surface area (Å²) in [5, 5.41) is 7.73. The van der Waals surface area contributed by atoms with Gasteiger partial charge in [0, 0.05) is 6.20 Å². The Morgan fingerprint density at radius 3 is 2.81 bits per heavy atom. The van der Waals surface area contributed by atoms with Gasteiger partial charge in [-0.05, 0) is 31.2 Å². The molecule has 7 nitrogen and oxygen atoms in total. The Bertz CT molecular complexity index is 584. The summed E-state index contributed by atoms with van der Waals surface area (Å²) in [6.45, 7) is 1.87. The predicted octanol–water partition coefficient (Wildman–Crippen LogP) is 1.50. The molecule has 7 heteroatoms. The van der Waals surface area contributed by atoms with Gasteiger partial charge in [-0.3, -0.25) is 10.1 Å². The summed E-state index contributed by atoms with van der Waals surface area (Å²) in [6, 6.07) is 7.48. The van der Waals surface area contributed by atoms with Crippen LogP contribution in [0.4, 0.5) is 10.6 Å². The van der Waals surface area contributed by atoms with Gasteiger partial charge in [-0.1, -0.05) is 6.07 Å². The molecule has 0 unspecified atom stereocenters. The van der Waals surface area contributed by atoms with Crippen LogP contribution in [0.3, 0.4) is 0 Å². The van der Waals surface area contributed by atoms with Crippen molar-refractivity contribution in [3.63, 3.8) is 0 Å². The van der Waals surface area contributed by atoms with Crippen LogP contribution in [0.5, 0.6) is 0 Å². The van der Waals surface area contributed by atoms with Crippen molar-refractivity contribution in [2.75, 3.05) is 5.32 Å². The van der Waals surface area contributed by atoms with E-state index in [1.165, 1.54) is 6.26 Å². The smallest absolute Gasteiger partial charge is 0.321 e. The molecular formula is C14H16N4O3. The molecule has 21 heavy (non-hydrogen) atoms. The third kappa shape index (κ3) is 4.64. The Morgan fingerprint density at radius 1 is 1.29 bits per heavy atom. The highest BCUT2D eigenvalue weighted by Gasteiger charge is 2.15. The van der Waals surface area contributed by atoms with Crippen LogP contribution in [0.1, 0.15) is 12.7 Å². The van der Waals surface area contributed by atoms with Gasteiger partial charge in [0.05, 0.1) is 12.8 Å². The van der Waals surface area contributed by atoms with E-state index in [-0.39, 0.29) is 12.5 Å². The van der Waals surface area contributed by atoms with Crippen LogP contribution in [0.15, 0.2) is 47.2 Å². The first kappa shape index (κ1) is 14.6. The van der Waals surface area contributed by atoms with Gasteiger partial charge >= 0.3 is 6.03 Å². The fourth-order valence-corrected chi connectivity index (χ4v) is 1.59. The minimum atomic E-state index is -0.677. The lowest BCUT2D eigenvalue weighted by Crippen LogP contribution is -2.46. The van der Waals surface area contributed by atoms with E-state index in [1.807, 2.05) is 0 Å². The molecule has 2 heterocycles. The number of furan rings is 1. The highest BCUT2D eigenvalue weighted by molar-refractivity contribution is 5.92. The number of anilines is 1. The van der Waals surface area contributed by atoms with Crippen LogP contribution in [0.25, 0.3) is 0 Å². The van der Waals surface area contributed by atoms with Crippen molar-refractivity contribution in [3.8, 4) is 0 Å². The maximum absolute atomic E-state index is 11.8. The van der Waals surface area contributed by atoms with Gasteiger partial charge in [0.1, 0.15) is 17.6 Å². The summed E-state index contributed by atoms with van der Waals surface area (Å²) in [6.07, 6.45) is 3.10. The number of hydrogen-bond acceptors (Lipinski definition) is 4. The van der Waals surface area contributed by atoms with E-state index in [2.05, 4.69) is 20.9 Å². The van der Waals surface area contributed by atoms with Gasteiger partial charge in [-0.25, -0.2) is 9.78 Å². The first-order valence-electron chi connectivity index (χ1n) is 6.44. The standard InChI is InChI=1S/C14H16N4O3/c1-10(13(19)16-9-11-5-4-8-21-11)17-14(20)18-12-6-2-3-7-15-12/h2-8,10H,9H2,1H3,(H,16,19)(H2,15,17,18,20)/t10-/m0/s1. The number of amides is 3. The molecule has 2 aromatic rings. The molecule has 0 aliphatic carbocycles. The quantitative estimate of drug-likeness (QED) is 0.776. The van der Waals surface area contributed by atoms with E-state index < -0.39 is 12.1 Å². The first-order valence-corrected chi connectivity index (χ1v) is 6.44. The van der Waals surface area contributed by atoms with Gasteiger partial charge in [0.2, 0.25) is 5.91 Å². The molecular weight excluding hydrogens is 272 g/mol. The topological polar surface area (TPSA) is 96.3 Å². The van der Waals surface area contributed by atoms with E-state index in [9.17, 15) is 9.59 Å². The molecule has 0 bridgehead atoms. The normalized spacial score (nSPS) is 11.5. The van der Waals surface area contributed by atoms with Crippen molar-refractivity contribution in [2.45, 2.75) is 19.5 Å². The van der Waals surface area contributed by atoms with Crippen molar-refractivity contribution in [3.05, 3.63) is 48.6 Å². The molecule has 3 amide bonds. The number of aromatic nitrogens is 1. The number of rotatable bonds is 5. The molecule has 0 spiro atoms. The number of pyridine rings is 1. The maximum Gasteiger partial charge on any atom is 0.321 e. The summed E-state index contributed by atoms with van der Waals surface area (Å²) in [5.74, 6) is 0.759. The SMILES string of the molecule is C[C@H](NC(=O)Nc1ccccn1)C(=O)NCc1ccco1. The Labute approximate surface area is 121 Å². The Morgan fingerprint density at radius 2 is 2.14 bits per heavy atom. The van der Waals surface area contributed by atoms with Gasteiger partial charge in [-0.2, -0.15) is 0 Å². The van der Waals surface area contributed by atoms with Crippen molar-refractivity contribution in [1.29, 1.82) is 0 Å². The summed E-state index contributed by atoms with van der Waals surface area (Å²) in [7, 11) is 0. The second-order valence-electron chi connectivity index (χ2n) is 4.33. The fraction of sp³-hybridized carbons (Fsp3) is 0.214. The second kappa shape index (κ2) is 7.09. The van der Waals surface area contributed by atoms with Crippen LogP contribution >= 0.6 is 0 Å². The van der Waals surface area contributed by atoms with Gasteiger partial charge in [-0.15, -0.1) is 0 Å². The molecule has 2 aromatic heterocycles. The zero-order valence-corrected chi connectivity index (χ0v) is 11.5. The van der Waals surface area contributed by atoms with Crippen molar-refractivity contribution in [1.82, 2.24) is 15.6 Å². The zero-order valence-electron chi connectivity index (χ0n) is 11.5. The average molecular weight is 288 g/mol. The van der Waals surface area contributed by atoms with E-state index in [1.54, 1.807) is 43.5 Å². The summed E-state index contributed by atoms with van der Waals surface area (Å²) in [4.78, 5) is 27.5. The largest absolute Gasteiger partial charge is 0.467 e. The average Bonchev–Trinajstić information content (AvgIpc) is 2.98. The molecule has 0 aliphatic rings. The Hall–Kier alpha value is -2.83. The summed E-state index contributed by atoms with van der Waals surface area (Å²) >= 11 is 0. The van der Waals surface area contributed by atoms with E-state index in [0.717, 1.165) is 0 Å². The van der Waals surface area contributed by atoms with Gasteiger partial charge < -0.3 is 15.1 Å². The number of carbonyl (C=O) groups is 2. The lowest BCUT2D eigenvalue weighted by Gasteiger charge is -2.14. The number of urea groups is 1. The fourth-order valence-electron chi connectivity index (χ4n) is 1.59. The highest BCUT2D eigenvalue weighted by Crippen LogP contribution is 2.00. The Kier molecular flexibility index (Phi) is 4.92. The molecule has 0 saturated carbocycles. The lowest BCUT2D eigenvalue weighted by atomic mass is 10.3. The number of carbonyl (C=O) groups excluding carboxylic acids is 2. The third-order valence-electron chi connectivity index (χ3n) is 2.66. The van der Waals surface area contributed by atoms with Crippen molar-refractivity contribution < 1.29 is 14.0 Å². The second-order valence-corrected chi connectivity index (χ2v) is 4.33. The molecule has 0 fully saturated rings. The lowest BCUT2D eigenvalue weighted by molar-refractivity contribution is -0.122. The maximum atomic E-state index is 11.8. The number of nitrogens with zero attached hydrogens (tertiary/aromatic N) is 1. The molecule has 0 saturated heterocycles. The molecule has 0 aromatic carbocycles. The van der Waals surface area contributed by atoms with Gasteiger partial charge in [0.25, 0.3) is 0 Å². The zero-order chi connectivity index (χ0) is 15.1. The highest BCUT2D eigenvalue weighted by atomic mass is 16.3. The monoisotopic (exact) mass is 288 g/mol. The van der Waals surface area contributed by atoms with Crippen LogP contribution in [-0.4, -0.2) is 23.0 Å². The minimum absolute atomic E-state index is 0.277. The van der Waals surface area contributed by atoms with Crippen LogP contribution in [0, 0.1) is 0 Å².